The van der Waals surface area contributed by atoms with Gasteiger partial charge in [-0.3, -0.25) is 19.2 Å². The quantitative estimate of drug-likeness (QED) is 0.343. The van der Waals surface area contributed by atoms with E-state index >= 15 is 0 Å². The molecule has 0 saturated heterocycles. The molecule has 3 N–H and O–H groups in total. The average molecular weight is 560 g/mol. The van der Waals surface area contributed by atoms with Gasteiger partial charge < -0.3 is 20.3 Å². The van der Waals surface area contributed by atoms with Crippen LogP contribution in [-0.2, 0) is 28.7 Å². The van der Waals surface area contributed by atoms with Crippen LogP contribution in [0.5, 0.6) is 0 Å². The Balaban J connectivity index is 1.33. The molecule has 222 valence electrons. The lowest BCUT2D eigenvalue weighted by Gasteiger charge is -2.58. The molecule has 9 nitrogen and oxygen atoms in total. The third-order valence-electron chi connectivity index (χ3n) is 11.3. The van der Waals surface area contributed by atoms with Crippen molar-refractivity contribution in [3.05, 3.63) is 11.6 Å². The first-order valence-electron chi connectivity index (χ1n) is 14.9. The zero-order chi connectivity index (χ0) is 29.5. The SMILES string of the molecule is CCC(C)C(NC(=O)CCC(=O)OCC(=O)[C@@]1(O)CCC2C3CCC4=CC(=O)CC[C@]4(C)C3CC[C@@]21C)C(=O)O. The Morgan fingerprint density at radius 1 is 1.05 bits per heavy atom. The number of Topliss-reactive ketones (excluding diaryl/α,β-unsaturated/α-hetero) is 1. The van der Waals surface area contributed by atoms with Crippen LogP contribution in [0.3, 0.4) is 0 Å². The molecule has 4 aliphatic carbocycles. The number of aliphatic carboxylic acids is 1. The highest BCUT2D eigenvalue weighted by Crippen LogP contribution is 2.67. The van der Waals surface area contributed by atoms with Crippen molar-refractivity contribution < 1.29 is 38.9 Å². The molecular formula is C31H45NO8. The molecule has 0 aliphatic heterocycles. The summed E-state index contributed by atoms with van der Waals surface area (Å²) in [5.74, 6) is -1.99. The maximum absolute atomic E-state index is 13.4. The predicted octanol–water partition coefficient (Wildman–Crippen LogP) is 3.76. The molecule has 0 aromatic carbocycles. The Labute approximate surface area is 236 Å². The number of rotatable bonds is 10. The van der Waals surface area contributed by atoms with E-state index in [4.69, 9.17) is 4.74 Å². The molecule has 0 aromatic heterocycles. The van der Waals surface area contributed by atoms with Crippen molar-refractivity contribution in [1.29, 1.82) is 0 Å². The number of ether oxygens (including phenoxy) is 1. The van der Waals surface area contributed by atoms with Gasteiger partial charge in [-0.15, -0.1) is 0 Å². The van der Waals surface area contributed by atoms with E-state index in [1.165, 1.54) is 5.57 Å². The summed E-state index contributed by atoms with van der Waals surface area (Å²) in [7, 11) is 0. The van der Waals surface area contributed by atoms with Gasteiger partial charge in [0.1, 0.15) is 11.6 Å². The first kappa shape index (κ1) is 30.4. The fourth-order valence-corrected chi connectivity index (χ4v) is 8.52. The predicted molar refractivity (Wildman–Crippen MR) is 146 cm³/mol. The van der Waals surface area contributed by atoms with Crippen molar-refractivity contribution in [1.82, 2.24) is 5.32 Å². The number of carbonyl (C=O) groups is 5. The van der Waals surface area contributed by atoms with Gasteiger partial charge in [0.2, 0.25) is 11.7 Å². The molecule has 1 amide bonds. The van der Waals surface area contributed by atoms with Crippen LogP contribution in [-0.4, -0.2) is 57.9 Å². The minimum Gasteiger partial charge on any atom is -0.480 e. The molecule has 4 aliphatic rings. The van der Waals surface area contributed by atoms with Crippen molar-refractivity contribution in [2.24, 2.45) is 34.5 Å². The number of nitrogens with one attached hydrogen (secondary N) is 1. The second kappa shape index (κ2) is 11.4. The number of hydrogen-bond acceptors (Lipinski definition) is 7. The third kappa shape index (κ3) is 5.26. The summed E-state index contributed by atoms with van der Waals surface area (Å²) >= 11 is 0. The van der Waals surface area contributed by atoms with Crippen LogP contribution in [0.25, 0.3) is 0 Å². The van der Waals surface area contributed by atoms with Gasteiger partial charge in [-0.05, 0) is 80.1 Å². The number of aliphatic hydroxyl groups is 1. The summed E-state index contributed by atoms with van der Waals surface area (Å²) in [6.45, 7) is 7.31. The number of esters is 1. The minimum atomic E-state index is -1.58. The second-order valence-corrected chi connectivity index (χ2v) is 13.2. The van der Waals surface area contributed by atoms with E-state index in [0.29, 0.717) is 37.5 Å². The molecule has 40 heavy (non-hydrogen) atoms. The maximum atomic E-state index is 13.4. The van der Waals surface area contributed by atoms with E-state index in [2.05, 4.69) is 12.2 Å². The monoisotopic (exact) mass is 559 g/mol. The molecule has 8 atom stereocenters. The Morgan fingerprint density at radius 2 is 1.75 bits per heavy atom. The van der Waals surface area contributed by atoms with Gasteiger partial charge in [-0.2, -0.15) is 0 Å². The highest BCUT2D eigenvalue weighted by atomic mass is 16.5. The van der Waals surface area contributed by atoms with E-state index in [-0.39, 0.29) is 35.9 Å². The van der Waals surface area contributed by atoms with Crippen LogP contribution in [0, 0.1) is 34.5 Å². The molecule has 0 aromatic rings. The standard InChI is InChI=1S/C31H45NO8/c1-5-18(2)27(28(37)38)32-25(35)8-9-26(36)40-17-24(34)31(39)15-12-23-21-7-6-19-16-20(33)10-13-29(19,3)22(21)11-14-30(23,31)4/h16,18,21-23,27,39H,5-15,17H2,1-4H3,(H,32,35)(H,37,38)/t18?,21?,22?,23?,27?,29-,30-,31-/m0/s1. The first-order chi connectivity index (χ1) is 18.8. The van der Waals surface area contributed by atoms with Crippen LogP contribution in [0.15, 0.2) is 11.6 Å². The number of carboxylic acids is 1. The highest BCUT2D eigenvalue weighted by molar-refractivity contribution is 5.92. The second-order valence-electron chi connectivity index (χ2n) is 13.2. The zero-order valence-corrected chi connectivity index (χ0v) is 24.3. The molecule has 0 radical (unpaired) electrons. The van der Waals surface area contributed by atoms with Crippen molar-refractivity contribution in [2.75, 3.05) is 6.61 Å². The fraction of sp³-hybridized carbons (Fsp3) is 0.774. The average Bonchev–Trinajstić information content (AvgIpc) is 3.20. The molecular weight excluding hydrogens is 514 g/mol. The number of carbonyl (C=O) groups excluding carboxylic acids is 4. The van der Waals surface area contributed by atoms with Gasteiger partial charge in [-0.1, -0.05) is 39.7 Å². The van der Waals surface area contributed by atoms with Gasteiger partial charge in [0.15, 0.2) is 12.4 Å². The van der Waals surface area contributed by atoms with Gasteiger partial charge in [-0.25, -0.2) is 4.79 Å². The maximum Gasteiger partial charge on any atom is 0.326 e. The molecule has 4 rings (SSSR count). The lowest BCUT2D eigenvalue weighted by atomic mass is 9.46. The Morgan fingerprint density at radius 3 is 2.42 bits per heavy atom. The minimum absolute atomic E-state index is 0.00373. The van der Waals surface area contributed by atoms with Crippen LogP contribution in [0.2, 0.25) is 0 Å². The molecule has 0 spiro atoms. The summed E-state index contributed by atoms with van der Waals surface area (Å²) in [6.07, 6.45) is 7.87. The summed E-state index contributed by atoms with van der Waals surface area (Å²) < 4.78 is 5.20. The van der Waals surface area contributed by atoms with Gasteiger partial charge >= 0.3 is 11.9 Å². The Bertz CT molecular complexity index is 1100. The third-order valence-corrected chi connectivity index (χ3v) is 11.3. The molecule has 0 bridgehead atoms. The zero-order valence-electron chi connectivity index (χ0n) is 24.3. The molecule has 5 unspecified atom stereocenters. The van der Waals surface area contributed by atoms with Crippen LogP contribution in [0.4, 0.5) is 0 Å². The smallest absolute Gasteiger partial charge is 0.326 e. The first-order valence-corrected chi connectivity index (χ1v) is 14.9. The van der Waals surface area contributed by atoms with E-state index in [1.807, 2.05) is 19.9 Å². The Kier molecular flexibility index (Phi) is 8.65. The van der Waals surface area contributed by atoms with Crippen LogP contribution in [0.1, 0.15) is 98.3 Å². The molecule has 3 saturated carbocycles. The van der Waals surface area contributed by atoms with Crippen molar-refractivity contribution >= 4 is 29.4 Å². The number of allylic oxidation sites excluding steroid dienone is 1. The van der Waals surface area contributed by atoms with Crippen LogP contribution < -0.4 is 5.32 Å². The summed E-state index contributed by atoms with van der Waals surface area (Å²) in [6, 6.07) is -1.04. The number of amides is 1. The summed E-state index contributed by atoms with van der Waals surface area (Å²) in [5.41, 5.74) is -0.910. The Hall–Kier alpha value is -2.55. The summed E-state index contributed by atoms with van der Waals surface area (Å²) in [4.78, 5) is 61.4. The highest BCUT2D eigenvalue weighted by Gasteiger charge is 2.66. The number of carboxylic acid groups (broad SMARTS) is 1. The van der Waals surface area contributed by atoms with E-state index < -0.39 is 47.3 Å². The van der Waals surface area contributed by atoms with E-state index in [9.17, 15) is 34.2 Å². The summed E-state index contributed by atoms with van der Waals surface area (Å²) in [5, 5.41) is 23.6. The van der Waals surface area contributed by atoms with E-state index in [0.717, 1.165) is 32.1 Å². The van der Waals surface area contributed by atoms with Gasteiger partial charge in [0.25, 0.3) is 0 Å². The topological polar surface area (TPSA) is 147 Å². The van der Waals surface area contributed by atoms with Crippen molar-refractivity contribution in [2.45, 2.75) is 110 Å². The molecule has 3 fully saturated rings. The lowest BCUT2D eigenvalue weighted by Crippen LogP contribution is -2.58. The number of fused-ring (bicyclic) bond motifs is 5. The fourth-order valence-electron chi connectivity index (χ4n) is 8.52. The normalized spacial score (nSPS) is 36.3. The van der Waals surface area contributed by atoms with Gasteiger partial charge in [0.05, 0.1) is 6.42 Å². The van der Waals surface area contributed by atoms with Crippen LogP contribution >= 0.6 is 0 Å². The van der Waals surface area contributed by atoms with Crippen molar-refractivity contribution in [3.8, 4) is 0 Å². The largest absolute Gasteiger partial charge is 0.480 e. The van der Waals surface area contributed by atoms with Crippen molar-refractivity contribution in [3.63, 3.8) is 0 Å². The van der Waals surface area contributed by atoms with E-state index in [1.54, 1.807) is 6.92 Å². The molecule has 0 heterocycles. The number of ketones is 2. The lowest BCUT2D eigenvalue weighted by molar-refractivity contribution is -0.170. The molecule has 9 heteroatoms. The van der Waals surface area contributed by atoms with Gasteiger partial charge in [0, 0.05) is 18.3 Å². The number of hydrogen-bond donors (Lipinski definition) is 3.